The number of hydrogen-bond acceptors (Lipinski definition) is 4. The van der Waals surface area contributed by atoms with Gasteiger partial charge in [0.2, 0.25) is 10.0 Å². The van der Waals surface area contributed by atoms with Gasteiger partial charge in [0, 0.05) is 18.9 Å². The Balaban J connectivity index is 1.98. The number of rotatable bonds is 6. The normalized spacial score (nSPS) is 11.2. The largest absolute Gasteiger partial charge is 0.478 e. The summed E-state index contributed by atoms with van der Waals surface area (Å²) in [6, 6.07) is 9.41. The Labute approximate surface area is 122 Å². The fourth-order valence-corrected chi connectivity index (χ4v) is 2.77. The average Bonchev–Trinajstić information content (AvgIpc) is 2.48. The molecule has 2 N–H and O–H groups in total. The lowest BCUT2D eigenvalue weighted by molar-refractivity contribution is 0.0696. The summed E-state index contributed by atoms with van der Waals surface area (Å²) in [5.74, 6) is -1.01. The molecule has 21 heavy (non-hydrogen) atoms. The van der Waals surface area contributed by atoms with Crippen molar-refractivity contribution in [3.63, 3.8) is 0 Å². The van der Waals surface area contributed by atoms with Gasteiger partial charge in [0.25, 0.3) is 0 Å². The van der Waals surface area contributed by atoms with Crippen LogP contribution in [0.25, 0.3) is 0 Å². The molecule has 2 rings (SSSR count). The fraction of sp³-hybridized carbons (Fsp3) is 0.143. The van der Waals surface area contributed by atoms with Crippen LogP contribution in [0.4, 0.5) is 0 Å². The quantitative estimate of drug-likeness (QED) is 0.838. The van der Waals surface area contributed by atoms with Gasteiger partial charge in [0.1, 0.15) is 4.90 Å². The number of carboxylic acid groups (broad SMARTS) is 1. The third kappa shape index (κ3) is 4.11. The number of hydrogen-bond donors (Lipinski definition) is 2. The molecule has 7 heteroatoms. The predicted molar refractivity (Wildman–Crippen MR) is 76.5 cm³/mol. The SMILES string of the molecule is O=C(O)c1cccc(CCNS(=O)(=O)c2cccnc2)c1. The van der Waals surface area contributed by atoms with E-state index in [0.29, 0.717) is 6.42 Å². The molecule has 0 atom stereocenters. The highest BCUT2D eigenvalue weighted by Crippen LogP contribution is 2.08. The van der Waals surface area contributed by atoms with Crippen LogP contribution in [-0.4, -0.2) is 31.0 Å². The number of sulfonamides is 1. The van der Waals surface area contributed by atoms with Gasteiger partial charge in [-0.1, -0.05) is 12.1 Å². The molecule has 0 aliphatic carbocycles. The van der Waals surface area contributed by atoms with Crippen molar-refractivity contribution in [1.29, 1.82) is 0 Å². The molecule has 2 aromatic rings. The van der Waals surface area contributed by atoms with Crippen LogP contribution in [0.15, 0.2) is 53.7 Å². The van der Waals surface area contributed by atoms with Crippen LogP contribution in [0.2, 0.25) is 0 Å². The van der Waals surface area contributed by atoms with Gasteiger partial charge in [-0.05, 0) is 36.2 Å². The smallest absolute Gasteiger partial charge is 0.335 e. The second-order valence-corrected chi connectivity index (χ2v) is 6.11. The molecule has 0 aliphatic heterocycles. The number of carboxylic acids is 1. The summed E-state index contributed by atoms with van der Waals surface area (Å²) >= 11 is 0. The number of nitrogens with one attached hydrogen (secondary N) is 1. The molecule has 6 nitrogen and oxygen atoms in total. The van der Waals surface area contributed by atoms with Crippen LogP contribution in [-0.2, 0) is 16.4 Å². The lowest BCUT2D eigenvalue weighted by Crippen LogP contribution is -2.26. The van der Waals surface area contributed by atoms with E-state index in [9.17, 15) is 13.2 Å². The Morgan fingerprint density at radius 2 is 2.05 bits per heavy atom. The van der Waals surface area contributed by atoms with Crippen molar-refractivity contribution in [2.45, 2.75) is 11.3 Å². The van der Waals surface area contributed by atoms with Gasteiger partial charge in [-0.3, -0.25) is 4.98 Å². The highest BCUT2D eigenvalue weighted by Gasteiger charge is 2.13. The molecule has 0 unspecified atom stereocenters. The molecule has 0 spiro atoms. The molecule has 1 heterocycles. The van der Waals surface area contributed by atoms with E-state index in [0.717, 1.165) is 5.56 Å². The van der Waals surface area contributed by atoms with Crippen molar-refractivity contribution in [2.24, 2.45) is 0 Å². The van der Waals surface area contributed by atoms with Crippen LogP contribution in [0, 0.1) is 0 Å². The van der Waals surface area contributed by atoms with Crippen LogP contribution in [0.5, 0.6) is 0 Å². The van der Waals surface area contributed by atoms with E-state index in [1.807, 2.05) is 0 Å². The standard InChI is InChI=1S/C14H14N2O4S/c17-14(18)12-4-1-3-11(9-12)6-8-16-21(19,20)13-5-2-7-15-10-13/h1-5,7,9-10,16H,6,8H2,(H,17,18). The zero-order valence-corrected chi connectivity index (χ0v) is 11.9. The number of pyridine rings is 1. The Hall–Kier alpha value is -2.25. The van der Waals surface area contributed by atoms with Crippen LogP contribution >= 0.6 is 0 Å². The summed E-state index contributed by atoms with van der Waals surface area (Å²) in [4.78, 5) is 14.7. The van der Waals surface area contributed by atoms with Gasteiger partial charge in [0.15, 0.2) is 0 Å². The van der Waals surface area contributed by atoms with Crippen LogP contribution in [0.3, 0.4) is 0 Å². The minimum absolute atomic E-state index is 0.101. The molecule has 0 radical (unpaired) electrons. The van der Waals surface area contributed by atoms with E-state index in [1.54, 1.807) is 18.2 Å². The topological polar surface area (TPSA) is 96.4 Å². The van der Waals surface area contributed by atoms with Gasteiger partial charge in [0.05, 0.1) is 5.56 Å². The lowest BCUT2D eigenvalue weighted by Gasteiger charge is -2.07. The maximum Gasteiger partial charge on any atom is 0.335 e. The minimum atomic E-state index is -3.59. The van der Waals surface area contributed by atoms with Crippen molar-refractivity contribution in [2.75, 3.05) is 6.54 Å². The zero-order valence-electron chi connectivity index (χ0n) is 11.1. The molecule has 1 aromatic heterocycles. The Kier molecular flexibility index (Phi) is 4.66. The molecule has 0 amide bonds. The monoisotopic (exact) mass is 306 g/mol. The first-order valence-corrected chi connectivity index (χ1v) is 7.69. The Bertz CT molecular complexity index is 730. The second-order valence-electron chi connectivity index (χ2n) is 4.34. The first-order valence-electron chi connectivity index (χ1n) is 6.21. The molecule has 0 aliphatic rings. The van der Waals surface area contributed by atoms with Crippen molar-refractivity contribution < 1.29 is 18.3 Å². The number of benzene rings is 1. The van der Waals surface area contributed by atoms with Gasteiger partial charge in [-0.25, -0.2) is 17.9 Å². The Morgan fingerprint density at radius 1 is 1.24 bits per heavy atom. The van der Waals surface area contributed by atoms with Crippen molar-refractivity contribution in [1.82, 2.24) is 9.71 Å². The average molecular weight is 306 g/mol. The summed E-state index contributed by atoms with van der Waals surface area (Å²) in [6.45, 7) is 0.181. The first kappa shape index (κ1) is 15.1. The van der Waals surface area contributed by atoms with Crippen molar-refractivity contribution in [3.05, 3.63) is 59.9 Å². The van der Waals surface area contributed by atoms with Gasteiger partial charge in [-0.2, -0.15) is 0 Å². The summed E-state index contributed by atoms with van der Waals surface area (Å²) in [7, 11) is -3.59. The lowest BCUT2D eigenvalue weighted by atomic mass is 10.1. The first-order chi connectivity index (χ1) is 9.99. The number of aromatic carboxylic acids is 1. The summed E-state index contributed by atoms with van der Waals surface area (Å²) < 4.78 is 26.4. The fourth-order valence-electron chi connectivity index (χ4n) is 1.78. The molecule has 0 saturated heterocycles. The molecular weight excluding hydrogens is 292 g/mol. The third-order valence-electron chi connectivity index (χ3n) is 2.82. The van der Waals surface area contributed by atoms with E-state index in [4.69, 9.17) is 5.11 Å². The van der Waals surface area contributed by atoms with Gasteiger partial charge < -0.3 is 5.11 Å². The minimum Gasteiger partial charge on any atom is -0.478 e. The van der Waals surface area contributed by atoms with Crippen molar-refractivity contribution >= 4 is 16.0 Å². The maximum atomic E-state index is 12.0. The molecule has 0 saturated carbocycles. The number of aromatic nitrogens is 1. The summed E-state index contributed by atoms with van der Waals surface area (Å²) in [6.07, 6.45) is 3.17. The van der Waals surface area contributed by atoms with Gasteiger partial charge in [-0.15, -0.1) is 0 Å². The molecular formula is C14H14N2O4S. The highest BCUT2D eigenvalue weighted by molar-refractivity contribution is 7.89. The van der Waals surface area contributed by atoms with E-state index in [-0.39, 0.29) is 17.0 Å². The molecule has 110 valence electrons. The zero-order chi connectivity index (χ0) is 15.3. The third-order valence-corrected chi connectivity index (χ3v) is 4.27. The number of carbonyl (C=O) groups is 1. The molecule has 1 aromatic carbocycles. The Morgan fingerprint density at radius 3 is 2.71 bits per heavy atom. The summed E-state index contributed by atoms with van der Waals surface area (Å²) in [5.41, 5.74) is 0.936. The van der Waals surface area contributed by atoms with E-state index in [2.05, 4.69) is 9.71 Å². The maximum absolute atomic E-state index is 12.0. The van der Waals surface area contributed by atoms with E-state index >= 15 is 0 Å². The van der Waals surface area contributed by atoms with Crippen LogP contribution < -0.4 is 4.72 Å². The predicted octanol–water partition coefficient (Wildman–Crippen LogP) is 1.30. The second kappa shape index (κ2) is 6.47. The van der Waals surface area contributed by atoms with Crippen LogP contribution in [0.1, 0.15) is 15.9 Å². The molecule has 0 bridgehead atoms. The van der Waals surface area contributed by atoms with Gasteiger partial charge >= 0.3 is 5.97 Å². The summed E-state index contributed by atoms with van der Waals surface area (Å²) in [5, 5.41) is 8.89. The molecule has 0 fully saturated rings. The highest BCUT2D eigenvalue weighted by atomic mass is 32.2. The van der Waals surface area contributed by atoms with E-state index in [1.165, 1.54) is 30.6 Å². The van der Waals surface area contributed by atoms with Crippen molar-refractivity contribution in [3.8, 4) is 0 Å². The van der Waals surface area contributed by atoms with E-state index < -0.39 is 16.0 Å². The number of nitrogens with zero attached hydrogens (tertiary/aromatic N) is 1.